The molecule has 2 N–H and O–H groups in total. The molecule has 2 aromatic carbocycles. The fraction of sp³-hybridized carbons (Fsp3) is 0.316. The molecule has 1 atom stereocenters. The molecular formula is C19H22N2O2. The van der Waals surface area contributed by atoms with E-state index in [0.717, 1.165) is 42.0 Å². The maximum atomic E-state index is 12.0. The zero-order valence-corrected chi connectivity index (χ0v) is 13.3. The van der Waals surface area contributed by atoms with Gasteiger partial charge in [-0.05, 0) is 41.8 Å². The summed E-state index contributed by atoms with van der Waals surface area (Å²) in [6, 6.07) is 16.3. The Morgan fingerprint density at radius 1 is 1.22 bits per heavy atom. The number of amides is 1. The van der Waals surface area contributed by atoms with Crippen molar-refractivity contribution in [3.63, 3.8) is 0 Å². The van der Waals surface area contributed by atoms with Crippen molar-refractivity contribution in [2.45, 2.75) is 13.0 Å². The molecule has 0 aromatic heterocycles. The van der Waals surface area contributed by atoms with E-state index in [9.17, 15) is 4.79 Å². The van der Waals surface area contributed by atoms with Crippen LogP contribution >= 0.6 is 0 Å². The topological polar surface area (TPSA) is 50.4 Å². The molecule has 120 valence electrons. The number of nitrogens with one attached hydrogen (secondary N) is 2. The molecule has 23 heavy (non-hydrogen) atoms. The number of carbonyl (C=O) groups is 1. The van der Waals surface area contributed by atoms with Crippen LogP contribution in [-0.2, 0) is 11.3 Å². The van der Waals surface area contributed by atoms with Gasteiger partial charge >= 0.3 is 0 Å². The van der Waals surface area contributed by atoms with Crippen LogP contribution in [0, 0.1) is 5.92 Å². The number of carbonyl (C=O) groups excluding carboxylic acids is 1. The minimum Gasteiger partial charge on any atom is -0.497 e. The summed E-state index contributed by atoms with van der Waals surface area (Å²) in [5, 5.41) is 6.23. The van der Waals surface area contributed by atoms with Crippen molar-refractivity contribution >= 4 is 5.91 Å². The van der Waals surface area contributed by atoms with Gasteiger partial charge in [-0.15, -0.1) is 0 Å². The van der Waals surface area contributed by atoms with Crippen molar-refractivity contribution in [2.24, 2.45) is 5.92 Å². The lowest BCUT2D eigenvalue weighted by Crippen LogP contribution is -2.31. The summed E-state index contributed by atoms with van der Waals surface area (Å²) in [7, 11) is 1.67. The number of ether oxygens (including phenoxy) is 1. The molecule has 1 saturated heterocycles. The number of hydrogen-bond acceptors (Lipinski definition) is 3. The molecule has 1 heterocycles. The Morgan fingerprint density at radius 2 is 2.04 bits per heavy atom. The molecular weight excluding hydrogens is 288 g/mol. The van der Waals surface area contributed by atoms with Crippen LogP contribution < -0.4 is 15.4 Å². The predicted molar refractivity (Wildman–Crippen MR) is 91.3 cm³/mol. The SMILES string of the molecule is COc1cccc(-c2ccc(CNC(=O)C3CCNC3)cc2)c1. The Morgan fingerprint density at radius 3 is 2.74 bits per heavy atom. The van der Waals surface area contributed by atoms with Crippen molar-refractivity contribution in [3.8, 4) is 16.9 Å². The second-order valence-electron chi connectivity index (χ2n) is 5.84. The average Bonchev–Trinajstić information content (AvgIpc) is 3.15. The summed E-state index contributed by atoms with van der Waals surface area (Å²) >= 11 is 0. The summed E-state index contributed by atoms with van der Waals surface area (Å²) in [5.41, 5.74) is 3.37. The fourth-order valence-electron chi connectivity index (χ4n) is 2.83. The predicted octanol–water partition coefficient (Wildman–Crippen LogP) is 2.59. The minimum atomic E-state index is 0.117. The lowest BCUT2D eigenvalue weighted by atomic mass is 10.0. The first-order valence-electron chi connectivity index (χ1n) is 7.98. The van der Waals surface area contributed by atoms with Gasteiger partial charge in [-0.1, -0.05) is 36.4 Å². The van der Waals surface area contributed by atoms with E-state index in [0.29, 0.717) is 6.54 Å². The van der Waals surface area contributed by atoms with E-state index >= 15 is 0 Å². The van der Waals surface area contributed by atoms with Gasteiger partial charge in [0, 0.05) is 13.1 Å². The minimum absolute atomic E-state index is 0.117. The summed E-state index contributed by atoms with van der Waals surface area (Å²) in [6.45, 7) is 2.31. The zero-order chi connectivity index (χ0) is 16.1. The van der Waals surface area contributed by atoms with Crippen molar-refractivity contribution in [1.82, 2.24) is 10.6 Å². The van der Waals surface area contributed by atoms with Gasteiger partial charge in [0.05, 0.1) is 13.0 Å². The maximum Gasteiger partial charge on any atom is 0.224 e. The van der Waals surface area contributed by atoms with Crippen molar-refractivity contribution in [1.29, 1.82) is 0 Å². The van der Waals surface area contributed by atoms with Gasteiger partial charge in [-0.2, -0.15) is 0 Å². The molecule has 3 rings (SSSR count). The smallest absolute Gasteiger partial charge is 0.224 e. The van der Waals surface area contributed by atoms with Gasteiger partial charge in [0.2, 0.25) is 5.91 Å². The highest BCUT2D eigenvalue weighted by Gasteiger charge is 2.21. The number of rotatable bonds is 5. The lowest BCUT2D eigenvalue weighted by molar-refractivity contribution is -0.124. The molecule has 0 spiro atoms. The third kappa shape index (κ3) is 3.90. The fourth-order valence-corrected chi connectivity index (χ4v) is 2.83. The van der Waals surface area contributed by atoms with E-state index < -0.39 is 0 Å². The zero-order valence-electron chi connectivity index (χ0n) is 13.3. The van der Waals surface area contributed by atoms with Crippen molar-refractivity contribution < 1.29 is 9.53 Å². The molecule has 0 bridgehead atoms. The summed E-state index contributed by atoms with van der Waals surface area (Å²) in [6.07, 6.45) is 0.931. The second kappa shape index (κ2) is 7.29. The van der Waals surface area contributed by atoms with Gasteiger partial charge in [-0.25, -0.2) is 0 Å². The van der Waals surface area contributed by atoms with E-state index in [1.807, 2.05) is 18.2 Å². The molecule has 1 unspecified atom stereocenters. The molecule has 4 nitrogen and oxygen atoms in total. The Labute approximate surface area is 136 Å². The molecule has 1 aliphatic heterocycles. The highest BCUT2D eigenvalue weighted by molar-refractivity contribution is 5.79. The average molecular weight is 310 g/mol. The third-order valence-corrected chi connectivity index (χ3v) is 4.25. The lowest BCUT2D eigenvalue weighted by Gasteiger charge is -2.10. The number of benzene rings is 2. The normalized spacial score (nSPS) is 17.0. The van der Waals surface area contributed by atoms with Gasteiger partial charge in [-0.3, -0.25) is 4.79 Å². The van der Waals surface area contributed by atoms with Crippen LogP contribution in [0.15, 0.2) is 48.5 Å². The molecule has 1 aliphatic rings. The van der Waals surface area contributed by atoms with E-state index in [4.69, 9.17) is 4.74 Å². The largest absolute Gasteiger partial charge is 0.497 e. The number of hydrogen-bond donors (Lipinski definition) is 2. The van der Waals surface area contributed by atoms with E-state index in [1.165, 1.54) is 0 Å². The monoisotopic (exact) mass is 310 g/mol. The summed E-state index contributed by atoms with van der Waals surface area (Å²) in [4.78, 5) is 12.0. The van der Waals surface area contributed by atoms with Crippen LogP contribution in [0.2, 0.25) is 0 Å². The summed E-state index contributed by atoms with van der Waals surface area (Å²) in [5.74, 6) is 1.11. The van der Waals surface area contributed by atoms with E-state index in [2.05, 4.69) is 41.0 Å². The maximum absolute atomic E-state index is 12.0. The highest BCUT2D eigenvalue weighted by atomic mass is 16.5. The standard InChI is InChI=1S/C19H22N2O2/c1-23-18-4-2-3-16(11-18)15-7-5-14(6-8-15)12-21-19(22)17-9-10-20-13-17/h2-8,11,17,20H,9-10,12-13H2,1H3,(H,21,22). The first-order chi connectivity index (χ1) is 11.3. The first kappa shape index (κ1) is 15.6. The van der Waals surface area contributed by atoms with Crippen molar-refractivity contribution in [3.05, 3.63) is 54.1 Å². The Kier molecular flexibility index (Phi) is 4.93. The molecule has 2 aromatic rings. The quantitative estimate of drug-likeness (QED) is 0.892. The Hall–Kier alpha value is -2.33. The van der Waals surface area contributed by atoms with Crippen LogP contribution in [0.4, 0.5) is 0 Å². The van der Waals surface area contributed by atoms with Crippen LogP contribution in [-0.4, -0.2) is 26.1 Å². The van der Waals surface area contributed by atoms with Gasteiger partial charge in [0.1, 0.15) is 5.75 Å². The number of methoxy groups -OCH3 is 1. The van der Waals surface area contributed by atoms with Crippen LogP contribution in [0.25, 0.3) is 11.1 Å². The molecule has 4 heteroatoms. The van der Waals surface area contributed by atoms with Crippen LogP contribution in [0.3, 0.4) is 0 Å². The molecule has 1 amide bonds. The Bertz CT molecular complexity index is 661. The van der Waals surface area contributed by atoms with Crippen molar-refractivity contribution in [2.75, 3.05) is 20.2 Å². The Balaban J connectivity index is 1.61. The highest BCUT2D eigenvalue weighted by Crippen LogP contribution is 2.24. The van der Waals surface area contributed by atoms with E-state index in [-0.39, 0.29) is 11.8 Å². The van der Waals surface area contributed by atoms with Crippen LogP contribution in [0.1, 0.15) is 12.0 Å². The molecule has 1 fully saturated rings. The summed E-state index contributed by atoms with van der Waals surface area (Å²) < 4.78 is 5.26. The van der Waals surface area contributed by atoms with E-state index in [1.54, 1.807) is 7.11 Å². The second-order valence-corrected chi connectivity index (χ2v) is 5.84. The molecule has 0 radical (unpaired) electrons. The van der Waals surface area contributed by atoms with Gasteiger partial charge < -0.3 is 15.4 Å². The molecule has 0 saturated carbocycles. The first-order valence-corrected chi connectivity index (χ1v) is 7.98. The molecule has 0 aliphatic carbocycles. The van der Waals surface area contributed by atoms with Crippen LogP contribution in [0.5, 0.6) is 5.75 Å². The van der Waals surface area contributed by atoms with Gasteiger partial charge in [0.25, 0.3) is 0 Å². The van der Waals surface area contributed by atoms with Gasteiger partial charge in [0.15, 0.2) is 0 Å². The third-order valence-electron chi connectivity index (χ3n) is 4.25.